The standard InChI is InChI=1S/C6H10ClNO2/c7-6-4(1-2-10-6)3-5(8)9/h4,6H,1-3H2,(H2,8,9)/t4-,6+/m1/s1. The van der Waals surface area contributed by atoms with Crippen molar-refractivity contribution >= 4 is 17.5 Å². The summed E-state index contributed by atoms with van der Waals surface area (Å²) in [7, 11) is 0. The first-order valence-corrected chi connectivity index (χ1v) is 3.68. The van der Waals surface area contributed by atoms with Gasteiger partial charge in [0.05, 0.1) is 0 Å². The molecule has 3 nitrogen and oxygen atoms in total. The predicted octanol–water partition coefficient (Wildman–Crippen LogP) is 0.463. The van der Waals surface area contributed by atoms with Crippen LogP contribution in [0.15, 0.2) is 0 Å². The molecule has 0 spiro atoms. The van der Waals surface area contributed by atoms with Crippen LogP contribution in [0.1, 0.15) is 12.8 Å². The largest absolute Gasteiger partial charge is 0.370 e. The number of hydrogen-bond acceptors (Lipinski definition) is 2. The second-order valence-corrected chi connectivity index (χ2v) is 2.87. The van der Waals surface area contributed by atoms with Crippen LogP contribution >= 0.6 is 11.6 Å². The highest BCUT2D eigenvalue weighted by Gasteiger charge is 2.27. The van der Waals surface area contributed by atoms with E-state index >= 15 is 0 Å². The maximum absolute atomic E-state index is 10.4. The van der Waals surface area contributed by atoms with E-state index in [9.17, 15) is 4.79 Å². The third kappa shape index (κ3) is 1.85. The molecule has 0 aromatic rings. The fourth-order valence-electron chi connectivity index (χ4n) is 1.05. The number of carbonyl (C=O) groups excluding carboxylic acids is 1. The maximum atomic E-state index is 10.4. The van der Waals surface area contributed by atoms with Gasteiger partial charge in [-0.3, -0.25) is 4.79 Å². The molecule has 10 heavy (non-hydrogen) atoms. The zero-order valence-corrected chi connectivity index (χ0v) is 6.30. The lowest BCUT2D eigenvalue weighted by Gasteiger charge is -2.08. The lowest BCUT2D eigenvalue weighted by atomic mass is 10.1. The van der Waals surface area contributed by atoms with E-state index in [0.717, 1.165) is 6.42 Å². The monoisotopic (exact) mass is 163 g/mol. The van der Waals surface area contributed by atoms with Crippen molar-refractivity contribution < 1.29 is 9.53 Å². The lowest BCUT2D eigenvalue weighted by Crippen LogP contribution is -2.19. The maximum Gasteiger partial charge on any atom is 0.217 e. The van der Waals surface area contributed by atoms with Crippen molar-refractivity contribution in [2.75, 3.05) is 6.61 Å². The van der Waals surface area contributed by atoms with Gasteiger partial charge in [-0.05, 0) is 6.42 Å². The third-order valence-electron chi connectivity index (χ3n) is 1.60. The molecule has 1 aliphatic heterocycles. The fraction of sp³-hybridized carbons (Fsp3) is 0.833. The van der Waals surface area contributed by atoms with Gasteiger partial charge >= 0.3 is 0 Å². The molecule has 0 aromatic carbocycles. The van der Waals surface area contributed by atoms with Gasteiger partial charge in [0.1, 0.15) is 5.56 Å². The zero-order chi connectivity index (χ0) is 7.56. The van der Waals surface area contributed by atoms with Crippen LogP contribution < -0.4 is 5.73 Å². The molecule has 58 valence electrons. The van der Waals surface area contributed by atoms with Gasteiger partial charge in [0.2, 0.25) is 5.91 Å². The molecule has 1 amide bonds. The minimum atomic E-state index is -0.313. The topological polar surface area (TPSA) is 52.3 Å². The molecular weight excluding hydrogens is 154 g/mol. The van der Waals surface area contributed by atoms with Crippen molar-refractivity contribution in [3.63, 3.8) is 0 Å². The average Bonchev–Trinajstić information content (AvgIpc) is 2.15. The molecule has 2 atom stereocenters. The molecule has 1 heterocycles. The van der Waals surface area contributed by atoms with Gasteiger partial charge in [-0.2, -0.15) is 0 Å². The highest BCUT2D eigenvalue weighted by molar-refractivity contribution is 6.20. The van der Waals surface area contributed by atoms with Gasteiger partial charge in [0.25, 0.3) is 0 Å². The first kappa shape index (κ1) is 7.82. The first-order chi connectivity index (χ1) is 4.70. The summed E-state index contributed by atoms with van der Waals surface area (Å²) in [6.07, 6.45) is 1.19. The summed E-state index contributed by atoms with van der Waals surface area (Å²) in [4.78, 5) is 10.4. The Morgan fingerprint density at radius 3 is 2.90 bits per heavy atom. The molecule has 2 N–H and O–H groups in total. The number of amides is 1. The molecule has 0 aromatic heterocycles. The number of rotatable bonds is 2. The van der Waals surface area contributed by atoms with Crippen LogP contribution in [-0.4, -0.2) is 18.1 Å². The fourth-order valence-corrected chi connectivity index (χ4v) is 1.36. The Labute approximate surface area is 64.5 Å². The van der Waals surface area contributed by atoms with Crippen LogP contribution in [0.3, 0.4) is 0 Å². The highest BCUT2D eigenvalue weighted by Crippen LogP contribution is 2.26. The summed E-state index contributed by atoms with van der Waals surface area (Å²) in [5, 5.41) is 0. The van der Waals surface area contributed by atoms with Crippen LogP contribution in [0.25, 0.3) is 0 Å². The van der Waals surface area contributed by atoms with Crippen molar-refractivity contribution in [1.29, 1.82) is 0 Å². The van der Waals surface area contributed by atoms with Gasteiger partial charge < -0.3 is 10.5 Å². The SMILES string of the molecule is NC(=O)C[C@H]1CCO[C@@H]1Cl. The van der Waals surface area contributed by atoms with Crippen molar-refractivity contribution in [3.05, 3.63) is 0 Å². The number of alkyl halides is 1. The average molecular weight is 164 g/mol. The molecular formula is C6H10ClNO2. The molecule has 1 saturated heterocycles. The first-order valence-electron chi connectivity index (χ1n) is 3.24. The van der Waals surface area contributed by atoms with E-state index in [1.165, 1.54) is 0 Å². The molecule has 1 fully saturated rings. The van der Waals surface area contributed by atoms with E-state index in [1.807, 2.05) is 0 Å². The minimum absolute atomic E-state index is 0.124. The van der Waals surface area contributed by atoms with E-state index in [-0.39, 0.29) is 17.4 Å². The Balaban J connectivity index is 2.33. The van der Waals surface area contributed by atoms with Crippen LogP contribution in [0.2, 0.25) is 0 Å². The number of nitrogens with two attached hydrogens (primary N) is 1. The van der Waals surface area contributed by atoms with E-state index < -0.39 is 0 Å². The van der Waals surface area contributed by atoms with Gasteiger partial charge in [0.15, 0.2) is 0 Å². The Bertz CT molecular complexity index is 140. The Kier molecular flexibility index (Phi) is 2.51. The Morgan fingerprint density at radius 2 is 2.50 bits per heavy atom. The third-order valence-corrected chi connectivity index (χ3v) is 2.08. The zero-order valence-electron chi connectivity index (χ0n) is 5.55. The molecule has 1 rings (SSSR count). The van der Waals surface area contributed by atoms with Crippen molar-refractivity contribution in [3.8, 4) is 0 Å². The Morgan fingerprint density at radius 1 is 1.80 bits per heavy atom. The van der Waals surface area contributed by atoms with Crippen LogP contribution in [0, 0.1) is 5.92 Å². The van der Waals surface area contributed by atoms with Crippen molar-refractivity contribution in [2.45, 2.75) is 18.4 Å². The molecule has 1 aliphatic rings. The second kappa shape index (κ2) is 3.21. The summed E-state index contributed by atoms with van der Waals surface area (Å²) in [6.45, 7) is 0.645. The van der Waals surface area contributed by atoms with Gasteiger partial charge in [0, 0.05) is 18.9 Å². The van der Waals surface area contributed by atoms with E-state index in [1.54, 1.807) is 0 Å². The molecule has 0 saturated carbocycles. The lowest BCUT2D eigenvalue weighted by molar-refractivity contribution is -0.119. The summed E-state index contributed by atoms with van der Waals surface area (Å²) < 4.78 is 5.02. The van der Waals surface area contributed by atoms with Gasteiger partial charge in [-0.1, -0.05) is 11.6 Å². The number of hydrogen-bond donors (Lipinski definition) is 1. The van der Waals surface area contributed by atoms with Gasteiger partial charge in [-0.15, -0.1) is 0 Å². The van der Waals surface area contributed by atoms with Crippen LogP contribution in [0.5, 0.6) is 0 Å². The van der Waals surface area contributed by atoms with E-state index in [2.05, 4.69) is 0 Å². The molecule has 4 heteroatoms. The summed E-state index contributed by atoms with van der Waals surface area (Å²) in [6, 6.07) is 0. The van der Waals surface area contributed by atoms with Crippen molar-refractivity contribution in [1.82, 2.24) is 0 Å². The number of ether oxygens (including phenoxy) is 1. The second-order valence-electron chi connectivity index (χ2n) is 2.44. The highest BCUT2D eigenvalue weighted by atomic mass is 35.5. The van der Waals surface area contributed by atoms with E-state index in [4.69, 9.17) is 22.1 Å². The number of primary amides is 1. The van der Waals surface area contributed by atoms with Gasteiger partial charge in [-0.25, -0.2) is 0 Å². The van der Waals surface area contributed by atoms with Crippen LogP contribution in [-0.2, 0) is 9.53 Å². The predicted molar refractivity (Wildman–Crippen MR) is 37.5 cm³/mol. The van der Waals surface area contributed by atoms with Crippen molar-refractivity contribution in [2.24, 2.45) is 11.7 Å². The van der Waals surface area contributed by atoms with E-state index in [0.29, 0.717) is 13.0 Å². The quantitative estimate of drug-likeness (QED) is 0.602. The Hall–Kier alpha value is -0.280. The summed E-state index contributed by atoms with van der Waals surface area (Å²) >= 11 is 5.69. The normalized spacial score (nSPS) is 32.5. The van der Waals surface area contributed by atoms with Crippen LogP contribution in [0.4, 0.5) is 0 Å². The summed E-state index contributed by atoms with van der Waals surface area (Å²) in [5.41, 5.74) is 4.67. The summed E-state index contributed by atoms with van der Waals surface area (Å²) in [5.74, 6) is -0.180. The molecule has 0 aliphatic carbocycles. The molecule has 0 bridgehead atoms. The smallest absolute Gasteiger partial charge is 0.217 e. The molecule has 0 radical (unpaired) electrons. The molecule has 0 unspecified atom stereocenters. The number of carbonyl (C=O) groups is 1. The minimum Gasteiger partial charge on any atom is -0.370 e. The number of halogens is 1.